The van der Waals surface area contributed by atoms with Crippen LogP contribution in [0.5, 0.6) is 0 Å². The van der Waals surface area contributed by atoms with Gasteiger partial charge in [0.15, 0.2) is 6.61 Å². The number of benzene rings is 1. The van der Waals surface area contributed by atoms with Gasteiger partial charge in [-0.15, -0.1) is 0 Å². The second-order valence-electron chi connectivity index (χ2n) is 6.29. The van der Waals surface area contributed by atoms with Gasteiger partial charge in [0.1, 0.15) is 6.04 Å². The van der Waals surface area contributed by atoms with Gasteiger partial charge in [-0.2, -0.15) is 0 Å². The average molecular weight is 350 g/mol. The number of carbonyl (C=O) groups is 3. The Morgan fingerprint density at radius 3 is 2.20 bits per heavy atom. The maximum Gasteiger partial charge on any atom is 0.338 e. The van der Waals surface area contributed by atoms with Crippen molar-refractivity contribution in [2.24, 2.45) is 5.92 Å². The third kappa shape index (κ3) is 6.82. The van der Waals surface area contributed by atoms with E-state index < -0.39 is 30.5 Å². The van der Waals surface area contributed by atoms with Gasteiger partial charge in [-0.05, 0) is 36.6 Å². The van der Waals surface area contributed by atoms with E-state index in [0.717, 1.165) is 5.69 Å². The second kappa shape index (κ2) is 9.66. The van der Waals surface area contributed by atoms with E-state index in [9.17, 15) is 14.4 Å². The number of rotatable bonds is 8. The van der Waals surface area contributed by atoms with Gasteiger partial charge in [-0.1, -0.05) is 13.8 Å². The molecule has 1 aromatic rings. The van der Waals surface area contributed by atoms with Crippen molar-refractivity contribution in [3.8, 4) is 0 Å². The molecule has 0 saturated carbocycles. The molecule has 0 aromatic heterocycles. The van der Waals surface area contributed by atoms with E-state index in [4.69, 9.17) is 4.74 Å². The smallest absolute Gasteiger partial charge is 0.338 e. The standard InChI is InChI=1S/C18H26N2O5/c1-12(2)10-15(18(23)24-5)19-16(21)11-25-17(22)13-6-8-14(9-7-13)20(3)4/h6-9,12,15H,10-11H2,1-5H3,(H,19,21)/t15-/m1/s1. The molecule has 0 aliphatic heterocycles. The van der Waals surface area contributed by atoms with Gasteiger partial charge in [0, 0.05) is 19.8 Å². The summed E-state index contributed by atoms with van der Waals surface area (Å²) in [5.41, 5.74) is 1.30. The summed E-state index contributed by atoms with van der Waals surface area (Å²) in [7, 11) is 5.05. The molecule has 1 N–H and O–H groups in total. The van der Waals surface area contributed by atoms with Crippen LogP contribution in [0.25, 0.3) is 0 Å². The molecule has 0 radical (unpaired) electrons. The van der Waals surface area contributed by atoms with E-state index in [1.807, 2.05) is 32.8 Å². The molecular formula is C18H26N2O5. The summed E-state index contributed by atoms with van der Waals surface area (Å²) < 4.78 is 9.67. The molecule has 0 bridgehead atoms. The number of hydrogen-bond acceptors (Lipinski definition) is 6. The molecule has 1 amide bonds. The first-order valence-electron chi connectivity index (χ1n) is 8.06. The van der Waals surface area contributed by atoms with Gasteiger partial charge in [0.05, 0.1) is 12.7 Å². The van der Waals surface area contributed by atoms with Crippen molar-refractivity contribution >= 4 is 23.5 Å². The summed E-state index contributed by atoms with van der Waals surface area (Å²) in [5.74, 6) is -1.47. The van der Waals surface area contributed by atoms with E-state index in [-0.39, 0.29) is 5.92 Å². The van der Waals surface area contributed by atoms with Crippen LogP contribution < -0.4 is 10.2 Å². The number of esters is 2. The Balaban J connectivity index is 2.56. The zero-order chi connectivity index (χ0) is 19.0. The number of ether oxygens (including phenoxy) is 2. The van der Waals surface area contributed by atoms with Gasteiger partial charge in [-0.3, -0.25) is 4.79 Å². The van der Waals surface area contributed by atoms with Gasteiger partial charge in [-0.25, -0.2) is 9.59 Å². The highest BCUT2D eigenvalue weighted by atomic mass is 16.5. The first-order chi connectivity index (χ1) is 11.7. The van der Waals surface area contributed by atoms with Crippen molar-refractivity contribution < 1.29 is 23.9 Å². The van der Waals surface area contributed by atoms with Crippen LogP contribution in [0.2, 0.25) is 0 Å². The lowest BCUT2D eigenvalue weighted by molar-refractivity contribution is -0.145. The third-order valence-corrected chi connectivity index (χ3v) is 3.48. The van der Waals surface area contributed by atoms with E-state index in [0.29, 0.717) is 12.0 Å². The molecule has 25 heavy (non-hydrogen) atoms. The van der Waals surface area contributed by atoms with Crippen molar-refractivity contribution in [1.82, 2.24) is 5.32 Å². The summed E-state index contributed by atoms with van der Waals surface area (Å²) in [4.78, 5) is 37.5. The summed E-state index contributed by atoms with van der Waals surface area (Å²) in [6.07, 6.45) is 0.443. The quantitative estimate of drug-likeness (QED) is 0.717. The Bertz CT molecular complexity index is 596. The molecule has 0 heterocycles. The molecule has 138 valence electrons. The maximum atomic E-state index is 12.0. The van der Waals surface area contributed by atoms with Crippen molar-refractivity contribution in [3.05, 3.63) is 29.8 Å². The second-order valence-corrected chi connectivity index (χ2v) is 6.29. The summed E-state index contributed by atoms with van der Waals surface area (Å²) in [6.45, 7) is 3.40. The average Bonchev–Trinajstić information content (AvgIpc) is 2.58. The van der Waals surface area contributed by atoms with Gasteiger partial charge >= 0.3 is 11.9 Å². The number of hydrogen-bond donors (Lipinski definition) is 1. The van der Waals surface area contributed by atoms with Gasteiger partial charge < -0.3 is 19.7 Å². The molecule has 1 atom stereocenters. The largest absolute Gasteiger partial charge is 0.467 e. The molecule has 7 nitrogen and oxygen atoms in total. The normalized spacial score (nSPS) is 11.6. The molecule has 1 rings (SSSR count). The molecule has 0 aliphatic carbocycles. The molecule has 0 aliphatic rings. The highest BCUT2D eigenvalue weighted by Crippen LogP contribution is 2.13. The summed E-state index contributed by atoms with van der Waals surface area (Å²) in [5, 5.41) is 2.53. The number of carbonyl (C=O) groups excluding carboxylic acids is 3. The van der Waals surface area contributed by atoms with Crippen molar-refractivity contribution in [2.75, 3.05) is 32.7 Å². The van der Waals surface area contributed by atoms with E-state index in [1.165, 1.54) is 7.11 Å². The highest BCUT2D eigenvalue weighted by molar-refractivity contribution is 5.92. The third-order valence-electron chi connectivity index (χ3n) is 3.48. The lowest BCUT2D eigenvalue weighted by atomic mass is 10.0. The molecule has 0 spiro atoms. The Morgan fingerprint density at radius 1 is 1.12 bits per heavy atom. The molecule has 1 aromatic carbocycles. The van der Waals surface area contributed by atoms with Crippen LogP contribution in [0.15, 0.2) is 24.3 Å². The molecule has 0 saturated heterocycles. The van der Waals surface area contributed by atoms with E-state index in [2.05, 4.69) is 10.1 Å². The topological polar surface area (TPSA) is 84.9 Å². The van der Waals surface area contributed by atoms with Gasteiger partial charge in [0.25, 0.3) is 5.91 Å². The predicted molar refractivity (Wildman–Crippen MR) is 94.5 cm³/mol. The molecule has 0 fully saturated rings. The fourth-order valence-corrected chi connectivity index (χ4v) is 2.17. The predicted octanol–water partition coefficient (Wildman–Crippen LogP) is 1.61. The fourth-order valence-electron chi connectivity index (χ4n) is 2.17. The minimum absolute atomic E-state index is 0.196. The Hall–Kier alpha value is -2.57. The van der Waals surface area contributed by atoms with Gasteiger partial charge in [0.2, 0.25) is 0 Å². The summed E-state index contributed by atoms with van der Waals surface area (Å²) in [6, 6.07) is 6.08. The Labute approximate surface area is 148 Å². The summed E-state index contributed by atoms with van der Waals surface area (Å²) >= 11 is 0. The van der Waals surface area contributed by atoms with Crippen LogP contribution in [0.3, 0.4) is 0 Å². The lowest BCUT2D eigenvalue weighted by Gasteiger charge is -2.18. The maximum absolute atomic E-state index is 12.0. The van der Waals surface area contributed by atoms with Crippen LogP contribution in [-0.2, 0) is 19.1 Å². The molecule has 0 unspecified atom stereocenters. The van der Waals surface area contributed by atoms with E-state index in [1.54, 1.807) is 24.3 Å². The van der Waals surface area contributed by atoms with Crippen LogP contribution in [0.4, 0.5) is 5.69 Å². The zero-order valence-corrected chi connectivity index (χ0v) is 15.4. The number of amides is 1. The fraction of sp³-hybridized carbons (Fsp3) is 0.500. The monoisotopic (exact) mass is 350 g/mol. The number of anilines is 1. The van der Waals surface area contributed by atoms with Crippen LogP contribution in [0, 0.1) is 5.92 Å². The van der Waals surface area contributed by atoms with Crippen molar-refractivity contribution in [2.45, 2.75) is 26.3 Å². The lowest BCUT2D eigenvalue weighted by Crippen LogP contribution is -2.44. The Morgan fingerprint density at radius 2 is 1.72 bits per heavy atom. The number of methoxy groups -OCH3 is 1. The van der Waals surface area contributed by atoms with Crippen LogP contribution in [-0.4, -0.2) is 51.7 Å². The highest BCUT2D eigenvalue weighted by Gasteiger charge is 2.23. The van der Waals surface area contributed by atoms with Crippen LogP contribution >= 0.6 is 0 Å². The number of nitrogens with zero attached hydrogens (tertiary/aromatic N) is 1. The molecular weight excluding hydrogens is 324 g/mol. The van der Waals surface area contributed by atoms with Crippen molar-refractivity contribution in [3.63, 3.8) is 0 Å². The Kier molecular flexibility index (Phi) is 7.91. The van der Waals surface area contributed by atoms with Crippen LogP contribution in [0.1, 0.15) is 30.6 Å². The molecule has 7 heteroatoms. The zero-order valence-electron chi connectivity index (χ0n) is 15.4. The first kappa shape index (κ1) is 20.5. The minimum atomic E-state index is -0.754. The minimum Gasteiger partial charge on any atom is -0.467 e. The SMILES string of the molecule is COC(=O)[C@@H](CC(C)C)NC(=O)COC(=O)c1ccc(N(C)C)cc1. The van der Waals surface area contributed by atoms with E-state index >= 15 is 0 Å². The number of nitrogens with one attached hydrogen (secondary N) is 1. The van der Waals surface area contributed by atoms with Crippen molar-refractivity contribution in [1.29, 1.82) is 0 Å². The first-order valence-corrected chi connectivity index (χ1v) is 8.06.